The molecule has 9 nitrogen and oxygen atoms in total. The minimum Gasteiger partial charge on any atom is -0.367 e. The van der Waals surface area contributed by atoms with Crippen molar-refractivity contribution in [2.75, 3.05) is 48.8 Å². The zero-order chi connectivity index (χ0) is 26.9. The van der Waals surface area contributed by atoms with Crippen LogP contribution < -0.4 is 9.80 Å². The number of carbonyl (C=O) groups excluding carboxylic acids is 2. The zero-order valence-electron chi connectivity index (χ0n) is 20.7. The number of imidazole rings is 1. The molecule has 1 saturated heterocycles. The molecule has 196 valence electrons. The molecule has 2 heterocycles. The standard InChI is InChI=1S/C27H26FN5O4S/c1-38(36,37)25-16-20(28)8-10-24(25)31-11-13-32(14-12-31)26(34)17-33(21-5-3-2-4-6-21)27(35)19-7-9-22-23(15-19)30-18-29-22/h2-10,15-16,18H,11-14,17H2,1H3,(H,29,30). The van der Waals surface area contributed by atoms with Crippen LogP contribution in [-0.4, -0.2) is 74.1 Å². The SMILES string of the molecule is CS(=O)(=O)c1cc(F)ccc1N1CCN(C(=O)CN(C(=O)c2ccc3nc[nH]c3c2)c2ccccc2)CC1. The predicted octanol–water partition coefficient (Wildman–Crippen LogP) is 3.10. The van der Waals surface area contributed by atoms with Gasteiger partial charge < -0.3 is 14.8 Å². The third-order valence-corrected chi connectivity index (χ3v) is 7.69. The molecule has 38 heavy (non-hydrogen) atoms. The van der Waals surface area contributed by atoms with Crippen molar-refractivity contribution < 1.29 is 22.4 Å². The second-order valence-corrected chi connectivity index (χ2v) is 11.1. The number of hydrogen-bond acceptors (Lipinski definition) is 6. The van der Waals surface area contributed by atoms with E-state index in [-0.39, 0.29) is 23.3 Å². The fourth-order valence-corrected chi connectivity index (χ4v) is 5.49. The summed E-state index contributed by atoms with van der Waals surface area (Å²) in [5, 5.41) is 0. The van der Waals surface area contributed by atoms with E-state index in [1.165, 1.54) is 17.0 Å². The topological polar surface area (TPSA) is 107 Å². The highest BCUT2D eigenvalue weighted by atomic mass is 32.2. The average Bonchev–Trinajstić information content (AvgIpc) is 3.39. The lowest BCUT2D eigenvalue weighted by atomic mass is 10.1. The summed E-state index contributed by atoms with van der Waals surface area (Å²) < 4.78 is 38.2. The van der Waals surface area contributed by atoms with Gasteiger partial charge in [-0.1, -0.05) is 18.2 Å². The van der Waals surface area contributed by atoms with Crippen molar-refractivity contribution in [2.45, 2.75) is 4.90 Å². The summed E-state index contributed by atoms with van der Waals surface area (Å²) in [6.07, 6.45) is 2.60. The molecule has 1 aliphatic rings. The number of aromatic amines is 1. The Labute approximate surface area is 219 Å². The van der Waals surface area contributed by atoms with Crippen molar-refractivity contribution in [2.24, 2.45) is 0 Å². The van der Waals surface area contributed by atoms with Crippen LogP contribution in [0.4, 0.5) is 15.8 Å². The maximum Gasteiger partial charge on any atom is 0.258 e. The van der Waals surface area contributed by atoms with Gasteiger partial charge in [0.25, 0.3) is 5.91 Å². The number of H-pyrrole nitrogens is 1. The monoisotopic (exact) mass is 535 g/mol. The van der Waals surface area contributed by atoms with E-state index in [1.54, 1.807) is 53.7 Å². The molecule has 0 bridgehead atoms. The van der Waals surface area contributed by atoms with Crippen LogP contribution in [0.2, 0.25) is 0 Å². The molecular formula is C27H26FN5O4S. The van der Waals surface area contributed by atoms with Crippen LogP contribution in [0.25, 0.3) is 11.0 Å². The number of sulfone groups is 1. The Morgan fingerprint density at radius 1 is 1.00 bits per heavy atom. The average molecular weight is 536 g/mol. The first-order chi connectivity index (χ1) is 18.2. The van der Waals surface area contributed by atoms with Crippen molar-refractivity contribution in [3.05, 3.63) is 84.4 Å². The highest BCUT2D eigenvalue weighted by Gasteiger charge is 2.28. The molecule has 1 aromatic heterocycles. The first kappa shape index (κ1) is 25.4. The summed E-state index contributed by atoms with van der Waals surface area (Å²) in [4.78, 5) is 39.0. The van der Waals surface area contributed by atoms with Gasteiger partial charge >= 0.3 is 0 Å². The second-order valence-electron chi connectivity index (χ2n) is 9.11. The van der Waals surface area contributed by atoms with Gasteiger partial charge in [-0.2, -0.15) is 0 Å². The number of piperazine rings is 1. The van der Waals surface area contributed by atoms with Gasteiger partial charge in [0.2, 0.25) is 5.91 Å². The fraction of sp³-hybridized carbons (Fsp3) is 0.222. The molecular weight excluding hydrogens is 509 g/mol. The van der Waals surface area contributed by atoms with E-state index in [1.807, 2.05) is 11.0 Å². The molecule has 0 saturated carbocycles. The summed E-state index contributed by atoms with van der Waals surface area (Å²) in [6.45, 7) is 1.24. The largest absolute Gasteiger partial charge is 0.367 e. The number of para-hydroxylation sites is 1. The molecule has 0 unspecified atom stereocenters. The Bertz CT molecular complexity index is 1600. The van der Waals surface area contributed by atoms with Crippen LogP contribution >= 0.6 is 0 Å². The normalized spacial score (nSPS) is 14.1. The molecule has 0 spiro atoms. The minimum absolute atomic E-state index is 0.0765. The van der Waals surface area contributed by atoms with Crippen molar-refractivity contribution in [1.82, 2.24) is 14.9 Å². The maximum atomic E-state index is 13.7. The summed E-state index contributed by atoms with van der Waals surface area (Å²) in [5.41, 5.74) is 2.89. The number of rotatable bonds is 6. The van der Waals surface area contributed by atoms with E-state index in [9.17, 15) is 22.4 Å². The van der Waals surface area contributed by atoms with E-state index in [4.69, 9.17) is 0 Å². The third kappa shape index (κ3) is 5.23. The molecule has 2 amide bonds. The molecule has 3 aromatic carbocycles. The van der Waals surface area contributed by atoms with Gasteiger partial charge in [0.1, 0.15) is 12.4 Å². The zero-order valence-corrected chi connectivity index (χ0v) is 21.5. The third-order valence-electron chi connectivity index (χ3n) is 6.57. The number of nitrogens with zero attached hydrogens (tertiary/aromatic N) is 4. The fourth-order valence-electron chi connectivity index (χ4n) is 4.59. The summed E-state index contributed by atoms with van der Waals surface area (Å²) >= 11 is 0. The highest BCUT2D eigenvalue weighted by Crippen LogP contribution is 2.27. The Morgan fingerprint density at radius 2 is 1.74 bits per heavy atom. The maximum absolute atomic E-state index is 13.7. The molecule has 1 fully saturated rings. The molecule has 0 atom stereocenters. The molecule has 11 heteroatoms. The van der Waals surface area contributed by atoms with Crippen LogP contribution in [0.5, 0.6) is 0 Å². The predicted molar refractivity (Wildman–Crippen MR) is 143 cm³/mol. The van der Waals surface area contributed by atoms with E-state index < -0.39 is 15.7 Å². The summed E-state index contributed by atoms with van der Waals surface area (Å²) in [5.74, 6) is -1.17. The lowest BCUT2D eigenvalue weighted by Crippen LogP contribution is -2.52. The van der Waals surface area contributed by atoms with Crippen molar-refractivity contribution in [3.8, 4) is 0 Å². The number of hydrogen-bond donors (Lipinski definition) is 1. The number of benzene rings is 3. The number of carbonyl (C=O) groups is 2. The van der Waals surface area contributed by atoms with Crippen LogP contribution in [-0.2, 0) is 14.6 Å². The highest BCUT2D eigenvalue weighted by molar-refractivity contribution is 7.90. The van der Waals surface area contributed by atoms with Crippen LogP contribution in [0, 0.1) is 5.82 Å². The number of anilines is 2. The van der Waals surface area contributed by atoms with Crippen molar-refractivity contribution in [3.63, 3.8) is 0 Å². The Balaban J connectivity index is 1.32. The van der Waals surface area contributed by atoms with Gasteiger partial charge in [0, 0.05) is 43.7 Å². The smallest absolute Gasteiger partial charge is 0.258 e. The Hall–Kier alpha value is -4.25. The lowest BCUT2D eigenvalue weighted by molar-refractivity contribution is -0.129. The number of aromatic nitrogens is 2. The molecule has 1 N–H and O–H groups in total. The number of halogens is 1. The minimum atomic E-state index is -3.64. The van der Waals surface area contributed by atoms with Gasteiger partial charge in [-0.3, -0.25) is 14.5 Å². The quantitative estimate of drug-likeness (QED) is 0.407. The van der Waals surface area contributed by atoms with Crippen molar-refractivity contribution in [1.29, 1.82) is 0 Å². The number of fused-ring (bicyclic) bond motifs is 1. The first-order valence-electron chi connectivity index (χ1n) is 12.0. The van der Waals surface area contributed by atoms with Crippen LogP contribution in [0.1, 0.15) is 10.4 Å². The van der Waals surface area contributed by atoms with Gasteiger partial charge in [-0.05, 0) is 48.5 Å². The summed E-state index contributed by atoms with van der Waals surface area (Å²) in [7, 11) is -3.64. The van der Waals surface area contributed by atoms with E-state index in [0.29, 0.717) is 43.1 Å². The van der Waals surface area contributed by atoms with Gasteiger partial charge in [0.05, 0.1) is 27.9 Å². The molecule has 0 radical (unpaired) electrons. The van der Waals surface area contributed by atoms with Crippen molar-refractivity contribution >= 4 is 44.1 Å². The summed E-state index contributed by atoms with van der Waals surface area (Å²) in [6, 6.07) is 17.9. The molecule has 0 aliphatic carbocycles. The van der Waals surface area contributed by atoms with Gasteiger partial charge in [-0.15, -0.1) is 0 Å². The molecule has 5 rings (SSSR count). The molecule has 1 aliphatic heterocycles. The number of nitrogens with one attached hydrogen (secondary N) is 1. The van der Waals surface area contributed by atoms with Gasteiger partial charge in [-0.25, -0.2) is 17.8 Å². The number of amides is 2. The van der Waals surface area contributed by atoms with E-state index in [0.717, 1.165) is 23.4 Å². The van der Waals surface area contributed by atoms with E-state index >= 15 is 0 Å². The Kier molecular flexibility index (Phi) is 6.85. The van der Waals surface area contributed by atoms with Crippen LogP contribution in [0.3, 0.4) is 0 Å². The molecule has 4 aromatic rings. The lowest BCUT2D eigenvalue weighted by Gasteiger charge is -2.37. The van der Waals surface area contributed by atoms with Gasteiger partial charge in [0.15, 0.2) is 9.84 Å². The Morgan fingerprint density at radius 3 is 2.45 bits per heavy atom. The first-order valence-corrected chi connectivity index (χ1v) is 13.9. The van der Waals surface area contributed by atoms with E-state index in [2.05, 4.69) is 9.97 Å². The van der Waals surface area contributed by atoms with Crippen LogP contribution in [0.15, 0.2) is 78.0 Å². The second kappa shape index (κ2) is 10.3.